The zero-order chi connectivity index (χ0) is 11.4. The van der Waals surface area contributed by atoms with Crippen LogP contribution < -0.4 is 5.32 Å². The van der Waals surface area contributed by atoms with E-state index in [-0.39, 0.29) is 0 Å². The van der Waals surface area contributed by atoms with Crippen LogP contribution in [0.25, 0.3) is 0 Å². The lowest BCUT2D eigenvalue weighted by Crippen LogP contribution is -2.46. The van der Waals surface area contributed by atoms with E-state index < -0.39 is 0 Å². The predicted octanol–water partition coefficient (Wildman–Crippen LogP) is 0.000800. The minimum Gasteiger partial charge on any atom is -0.379 e. The highest BCUT2D eigenvalue weighted by Crippen LogP contribution is 2.18. The minimum absolute atomic E-state index is 0.663. The van der Waals surface area contributed by atoms with E-state index in [1.807, 2.05) is 7.05 Å². The second-order valence-electron chi connectivity index (χ2n) is 4.99. The van der Waals surface area contributed by atoms with Crippen LogP contribution in [0.2, 0.25) is 0 Å². The van der Waals surface area contributed by atoms with Crippen molar-refractivity contribution in [2.24, 2.45) is 0 Å². The second-order valence-corrected chi connectivity index (χ2v) is 4.99. The molecule has 0 bridgehead atoms. The van der Waals surface area contributed by atoms with Crippen LogP contribution in [0.5, 0.6) is 0 Å². The first-order valence-corrected chi connectivity index (χ1v) is 6.51. The number of likely N-dealkylation sites (N-methyl/N-ethyl adjacent to an activating group) is 1. The summed E-state index contributed by atoms with van der Waals surface area (Å²) in [6.45, 7) is 9.99. The maximum Gasteiger partial charge on any atom is 0.0594 e. The molecule has 1 N–H and O–H groups in total. The topological polar surface area (TPSA) is 27.7 Å². The van der Waals surface area contributed by atoms with Gasteiger partial charge >= 0.3 is 0 Å². The van der Waals surface area contributed by atoms with Gasteiger partial charge in [-0.3, -0.25) is 9.80 Å². The van der Waals surface area contributed by atoms with Crippen LogP contribution in [0.4, 0.5) is 0 Å². The largest absolute Gasteiger partial charge is 0.379 e. The summed E-state index contributed by atoms with van der Waals surface area (Å²) in [5.41, 5.74) is 0. The molecule has 94 valence electrons. The van der Waals surface area contributed by atoms with E-state index >= 15 is 0 Å². The van der Waals surface area contributed by atoms with Crippen LogP contribution in [-0.2, 0) is 4.74 Å². The number of hydrogen-bond donors (Lipinski definition) is 1. The Morgan fingerprint density at radius 2 is 2.06 bits per heavy atom. The van der Waals surface area contributed by atoms with Gasteiger partial charge in [0.15, 0.2) is 0 Å². The van der Waals surface area contributed by atoms with Crippen LogP contribution >= 0.6 is 0 Å². The van der Waals surface area contributed by atoms with Gasteiger partial charge in [0, 0.05) is 44.8 Å². The maximum atomic E-state index is 5.41. The van der Waals surface area contributed by atoms with Crippen molar-refractivity contribution in [3.8, 4) is 0 Å². The van der Waals surface area contributed by atoms with Crippen molar-refractivity contribution in [3.63, 3.8) is 0 Å². The average molecular weight is 227 g/mol. The Labute approximate surface area is 98.9 Å². The number of morpholine rings is 1. The van der Waals surface area contributed by atoms with E-state index in [1.54, 1.807) is 0 Å². The Morgan fingerprint density at radius 3 is 2.75 bits per heavy atom. The van der Waals surface area contributed by atoms with Crippen molar-refractivity contribution in [2.45, 2.75) is 25.4 Å². The van der Waals surface area contributed by atoms with E-state index in [2.05, 4.69) is 22.0 Å². The molecule has 2 unspecified atom stereocenters. The van der Waals surface area contributed by atoms with Gasteiger partial charge < -0.3 is 10.1 Å². The summed E-state index contributed by atoms with van der Waals surface area (Å²) in [6, 6.07) is 1.43. The molecule has 0 aliphatic carbocycles. The normalized spacial score (nSPS) is 30.8. The molecule has 4 heteroatoms. The Bertz CT molecular complexity index is 206. The molecule has 2 aliphatic heterocycles. The Hall–Kier alpha value is -0.160. The lowest BCUT2D eigenvalue weighted by Gasteiger charge is -2.32. The number of rotatable bonds is 4. The average Bonchev–Trinajstić information content (AvgIpc) is 2.80. The third-order valence-electron chi connectivity index (χ3n) is 3.88. The van der Waals surface area contributed by atoms with E-state index in [0.717, 1.165) is 38.9 Å². The van der Waals surface area contributed by atoms with Gasteiger partial charge in [0.05, 0.1) is 13.2 Å². The molecule has 4 nitrogen and oxygen atoms in total. The van der Waals surface area contributed by atoms with Crippen LogP contribution in [0.3, 0.4) is 0 Å². The number of nitrogens with zero attached hydrogens (tertiary/aromatic N) is 2. The fourth-order valence-corrected chi connectivity index (χ4v) is 2.83. The molecule has 0 amide bonds. The quantitative estimate of drug-likeness (QED) is 0.732. The fraction of sp³-hybridized carbons (Fsp3) is 1.00. The SMILES string of the molecule is CNCC(C)N1CCC(N2CCOCC2)C1. The van der Waals surface area contributed by atoms with Gasteiger partial charge in [0.2, 0.25) is 0 Å². The molecule has 2 aliphatic rings. The van der Waals surface area contributed by atoms with Gasteiger partial charge in [-0.25, -0.2) is 0 Å². The molecule has 2 fully saturated rings. The first kappa shape index (κ1) is 12.3. The van der Waals surface area contributed by atoms with Crippen molar-refractivity contribution in [1.29, 1.82) is 0 Å². The minimum atomic E-state index is 0.663. The fourth-order valence-electron chi connectivity index (χ4n) is 2.83. The van der Waals surface area contributed by atoms with Crippen LogP contribution in [0.1, 0.15) is 13.3 Å². The number of hydrogen-bond acceptors (Lipinski definition) is 4. The van der Waals surface area contributed by atoms with Gasteiger partial charge in [0.1, 0.15) is 0 Å². The van der Waals surface area contributed by atoms with E-state index in [0.29, 0.717) is 6.04 Å². The highest BCUT2D eigenvalue weighted by atomic mass is 16.5. The highest BCUT2D eigenvalue weighted by molar-refractivity contribution is 4.87. The van der Waals surface area contributed by atoms with E-state index in [1.165, 1.54) is 19.5 Å². The first-order chi connectivity index (χ1) is 7.81. The summed E-state index contributed by atoms with van der Waals surface area (Å²) in [5, 5.41) is 3.26. The Morgan fingerprint density at radius 1 is 1.31 bits per heavy atom. The molecule has 2 rings (SSSR count). The molecule has 0 saturated carbocycles. The molecular weight excluding hydrogens is 202 g/mol. The number of nitrogens with one attached hydrogen (secondary N) is 1. The molecule has 0 aromatic heterocycles. The summed E-state index contributed by atoms with van der Waals surface area (Å²) < 4.78 is 5.41. The predicted molar refractivity (Wildman–Crippen MR) is 65.8 cm³/mol. The number of ether oxygens (including phenoxy) is 1. The zero-order valence-electron chi connectivity index (χ0n) is 10.6. The van der Waals surface area contributed by atoms with Gasteiger partial charge in [-0.1, -0.05) is 0 Å². The maximum absolute atomic E-state index is 5.41. The summed E-state index contributed by atoms with van der Waals surface area (Å²) >= 11 is 0. The molecule has 2 atom stereocenters. The van der Waals surface area contributed by atoms with Crippen LogP contribution in [-0.4, -0.2) is 74.9 Å². The van der Waals surface area contributed by atoms with Crippen molar-refractivity contribution < 1.29 is 4.74 Å². The summed E-state index contributed by atoms with van der Waals surface area (Å²) in [5.74, 6) is 0. The zero-order valence-corrected chi connectivity index (χ0v) is 10.6. The van der Waals surface area contributed by atoms with Crippen LogP contribution in [0, 0.1) is 0 Å². The van der Waals surface area contributed by atoms with Gasteiger partial charge in [-0.15, -0.1) is 0 Å². The number of likely N-dealkylation sites (tertiary alicyclic amines) is 1. The summed E-state index contributed by atoms with van der Waals surface area (Å²) in [6.07, 6.45) is 1.33. The lowest BCUT2D eigenvalue weighted by molar-refractivity contribution is 0.0178. The van der Waals surface area contributed by atoms with E-state index in [9.17, 15) is 0 Å². The molecule has 2 heterocycles. The third kappa shape index (κ3) is 2.94. The molecule has 0 aromatic carbocycles. The summed E-state index contributed by atoms with van der Waals surface area (Å²) in [7, 11) is 2.03. The highest BCUT2D eigenvalue weighted by Gasteiger charge is 2.30. The molecule has 2 saturated heterocycles. The second kappa shape index (κ2) is 5.96. The summed E-state index contributed by atoms with van der Waals surface area (Å²) in [4.78, 5) is 5.21. The molecular formula is C12H25N3O. The van der Waals surface area contributed by atoms with Gasteiger partial charge in [-0.2, -0.15) is 0 Å². The Kier molecular flexibility index (Phi) is 4.58. The van der Waals surface area contributed by atoms with Crippen molar-refractivity contribution in [2.75, 3.05) is 53.0 Å². The molecule has 0 radical (unpaired) electrons. The van der Waals surface area contributed by atoms with Crippen LogP contribution in [0.15, 0.2) is 0 Å². The lowest BCUT2D eigenvalue weighted by atomic mass is 10.2. The third-order valence-corrected chi connectivity index (χ3v) is 3.88. The van der Waals surface area contributed by atoms with Crippen molar-refractivity contribution in [1.82, 2.24) is 15.1 Å². The standard InChI is InChI=1S/C12H25N3O/c1-11(9-13-2)15-4-3-12(10-15)14-5-7-16-8-6-14/h11-13H,3-10H2,1-2H3. The molecule has 0 spiro atoms. The van der Waals surface area contributed by atoms with Gasteiger partial charge in [0.25, 0.3) is 0 Å². The van der Waals surface area contributed by atoms with Crippen molar-refractivity contribution in [3.05, 3.63) is 0 Å². The first-order valence-electron chi connectivity index (χ1n) is 6.51. The van der Waals surface area contributed by atoms with Gasteiger partial charge in [-0.05, 0) is 20.4 Å². The Balaban J connectivity index is 1.78. The molecule has 16 heavy (non-hydrogen) atoms. The van der Waals surface area contributed by atoms with E-state index in [4.69, 9.17) is 4.74 Å². The van der Waals surface area contributed by atoms with Crippen molar-refractivity contribution >= 4 is 0 Å². The monoisotopic (exact) mass is 227 g/mol. The molecule has 0 aromatic rings. The smallest absolute Gasteiger partial charge is 0.0594 e.